The summed E-state index contributed by atoms with van der Waals surface area (Å²) in [7, 11) is 4.09. The lowest BCUT2D eigenvalue weighted by Crippen LogP contribution is -2.30. The fourth-order valence-corrected chi connectivity index (χ4v) is 3.28. The first-order chi connectivity index (χ1) is 11.4. The molecule has 0 fully saturated rings. The molecule has 2 nitrogen and oxygen atoms in total. The van der Waals surface area contributed by atoms with Gasteiger partial charge in [-0.15, -0.1) is 0 Å². The van der Waals surface area contributed by atoms with Gasteiger partial charge in [-0.2, -0.15) is 0 Å². The van der Waals surface area contributed by atoms with Crippen LogP contribution in [-0.4, -0.2) is 36.8 Å². The van der Waals surface area contributed by atoms with E-state index in [1.165, 1.54) is 5.56 Å². The summed E-state index contributed by atoms with van der Waals surface area (Å²) in [5, 5.41) is 10.9. The molecule has 0 aliphatic carbocycles. The van der Waals surface area contributed by atoms with Gasteiger partial charge in [0.2, 0.25) is 0 Å². The van der Waals surface area contributed by atoms with Crippen LogP contribution >= 0.6 is 0 Å². The topological polar surface area (TPSA) is 23.5 Å². The Kier molecular flexibility index (Phi) is 6.36. The Morgan fingerprint density at radius 2 is 1.62 bits per heavy atom. The summed E-state index contributed by atoms with van der Waals surface area (Å²) in [4.78, 5) is 2.12. The monoisotopic (exact) mass is 323 g/mol. The Morgan fingerprint density at radius 3 is 2.21 bits per heavy atom. The minimum Gasteiger partial charge on any atom is -0.388 e. The third-order valence-corrected chi connectivity index (χ3v) is 4.40. The zero-order chi connectivity index (χ0) is 17.7. The summed E-state index contributed by atoms with van der Waals surface area (Å²) in [5.41, 5.74) is 5.70. The van der Waals surface area contributed by atoms with Crippen LogP contribution in [0.4, 0.5) is 0 Å². The molecule has 0 spiro atoms. The molecule has 2 atom stereocenters. The van der Waals surface area contributed by atoms with Gasteiger partial charge >= 0.3 is 0 Å². The Hall–Kier alpha value is -1.90. The summed E-state index contributed by atoms with van der Waals surface area (Å²) in [6.07, 6.45) is -0.469. The van der Waals surface area contributed by atoms with Gasteiger partial charge in [0, 0.05) is 6.54 Å². The average Bonchev–Trinajstić information content (AvgIpc) is 2.54. The minimum absolute atomic E-state index is 0.170. The molecule has 24 heavy (non-hydrogen) atoms. The summed E-state index contributed by atoms with van der Waals surface area (Å²) in [6, 6.07) is 18.9. The van der Waals surface area contributed by atoms with Crippen molar-refractivity contribution < 1.29 is 5.11 Å². The van der Waals surface area contributed by atoms with Gasteiger partial charge in [-0.05, 0) is 56.1 Å². The standard InChI is InChI=1S/C22H29NO/c1-16-10-9-13-20(14-16)21(19-11-7-6-8-12-19)18(3)22(24)17(2)15-23(4)5/h6-14,17,22,24H,15H2,1-5H3. The van der Waals surface area contributed by atoms with Crippen LogP contribution in [0.3, 0.4) is 0 Å². The van der Waals surface area contributed by atoms with Crippen LogP contribution in [0.15, 0.2) is 60.2 Å². The minimum atomic E-state index is -0.469. The fraction of sp³-hybridized carbons (Fsp3) is 0.364. The number of benzene rings is 2. The number of nitrogens with zero attached hydrogens (tertiary/aromatic N) is 1. The van der Waals surface area contributed by atoms with Gasteiger partial charge in [0.1, 0.15) is 0 Å². The van der Waals surface area contributed by atoms with Gasteiger partial charge in [-0.1, -0.05) is 67.1 Å². The van der Waals surface area contributed by atoms with Gasteiger partial charge in [0.05, 0.1) is 6.10 Å². The van der Waals surface area contributed by atoms with Crippen molar-refractivity contribution in [3.8, 4) is 0 Å². The Balaban J connectivity index is 2.52. The van der Waals surface area contributed by atoms with Crippen molar-refractivity contribution in [3.63, 3.8) is 0 Å². The summed E-state index contributed by atoms with van der Waals surface area (Å²) < 4.78 is 0. The molecule has 0 aliphatic rings. The molecule has 0 heterocycles. The van der Waals surface area contributed by atoms with E-state index in [9.17, 15) is 5.11 Å². The lowest BCUT2D eigenvalue weighted by Gasteiger charge is -2.25. The predicted octanol–water partition coefficient (Wildman–Crippen LogP) is 4.38. The molecule has 0 aromatic heterocycles. The first kappa shape index (κ1) is 18.4. The van der Waals surface area contributed by atoms with Crippen molar-refractivity contribution in [2.75, 3.05) is 20.6 Å². The maximum atomic E-state index is 10.9. The third-order valence-electron chi connectivity index (χ3n) is 4.40. The van der Waals surface area contributed by atoms with Crippen molar-refractivity contribution >= 4 is 5.57 Å². The number of aliphatic hydroxyl groups is 1. The summed E-state index contributed by atoms with van der Waals surface area (Å²) >= 11 is 0. The first-order valence-electron chi connectivity index (χ1n) is 8.56. The van der Waals surface area contributed by atoms with Gasteiger partial charge < -0.3 is 10.0 Å². The van der Waals surface area contributed by atoms with Gasteiger partial charge in [-0.3, -0.25) is 0 Å². The SMILES string of the molecule is CC(=C(c1ccccc1)c1cccc(C)c1)C(O)C(C)CN(C)C. The van der Waals surface area contributed by atoms with Crippen LogP contribution < -0.4 is 0 Å². The molecule has 0 saturated heterocycles. The molecule has 128 valence electrons. The van der Waals surface area contributed by atoms with Crippen LogP contribution in [0.1, 0.15) is 30.5 Å². The largest absolute Gasteiger partial charge is 0.388 e. The third kappa shape index (κ3) is 4.56. The molecular weight excluding hydrogens is 294 g/mol. The van der Waals surface area contributed by atoms with E-state index in [1.807, 2.05) is 32.3 Å². The zero-order valence-corrected chi connectivity index (χ0v) is 15.5. The maximum Gasteiger partial charge on any atom is 0.0794 e. The molecule has 0 aliphatic heterocycles. The number of hydrogen-bond donors (Lipinski definition) is 1. The van der Waals surface area contributed by atoms with Gasteiger partial charge in [0.15, 0.2) is 0 Å². The van der Waals surface area contributed by atoms with Gasteiger partial charge in [0.25, 0.3) is 0 Å². The molecule has 2 unspecified atom stereocenters. The van der Waals surface area contributed by atoms with Crippen molar-refractivity contribution in [2.45, 2.75) is 26.9 Å². The smallest absolute Gasteiger partial charge is 0.0794 e. The molecule has 0 saturated carbocycles. The number of aliphatic hydroxyl groups excluding tert-OH is 1. The van der Waals surface area contributed by atoms with Crippen molar-refractivity contribution in [2.24, 2.45) is 5.92 Å². The molecule has 1 N–H and O–H groups in total. The molecule has 2 heteroatoms. The Morgan fingerprint density at radius 1 is 1.00 bits per heavy atom. The Bertz CT molecular complexity index is 688. The highest BCUT2D eigenvalue weighted by molar-refractivity contribution is 5.82. The second-order valence-corrected chi connectivity index (χ2v) is 6.98. The van der Waals surface area contributed by atoms with Crippen LogP contribution in [0.25, 0.3) is 5.57 Å². The normalized spacial score (nSPS) is 15.1. The van der Waals surface area contributed by atoms with Crippen LogP contribution in [0, 0.1) is 12.8 Å². The maximum absolute atomic E-state index is 10.9. The molecule has 0 amide bonds. The number of aryl methyl sites for hydroxylation is 1. The lowest BCUT2D eigenvalue weighted by molar-refractivity contribution is 0.131. The molecular formula is C22H29NO. The molecule has 2 aromatic carbocycles. The van der Waals surface area contributed by atoms with E-state index in [0.717, 1.165) is 28.8 Å². The van der Waals surface area contributed by atoms with E-state index in [1.54, 1.807) is 0 Å². The van der Waals surface area contributed by atoms with E-state index in [4.69, 9.17) is 0 Å². The van der Waals surface area contributed by atoms with E-state index < -0.39 is 6.10 Å². The van der Waals surface area contributed by atoms with E-state index >= 15 is 0 Å². The van der Waals surface area contributed by atoms with Crippen LogP contribution in [0.5, 0.6) is 0 Å². The van der Waals surface area contributed by atoms with Crippen LogP contribution in [-0.2, 0) is 0 Å². The number of rotatable bonds is 6. The Labute approximate surface area is 146 Å². The number of hydrogen-bond acceptors (Lipinski definition) is 2. The van der Waals surface area contributed by atoms with E-state index in [0.29, 0.717) is 0 Å². The zero-order valence-electron chi connectivity index (χ0n) is 15.5. The summed E-state index contributed by atoms with van der Waals surface area (Å²) in [5.74, 6) is 0.170. The van der Waals surface area contributed by atoms with Gasteiger partial charge in [-0.25, -0.2) is 0 Å². The lowest BCUT2D eigenvalue weighted by atomic mass is 9.87. The highest BCUT2D eigenvalue weighted by Gasteiger charge is 2.21. The van der Waals surface area contributed by atoms with Crippen molar-refractivity contribution in [1.29, 1.82) is 0 Å². The first-order valence-corrected chi connectivity index (χ1v) is 8.56. The highest BCUT2D eigenvalue weighted by atomic mass is 16.3. The van der Waals surface area contributed by atoms with E-state index in [2.05, 4.69) is 62.1 Å². The van der Waals surface area contributed by atoms with Crippen molar-refractivity contribution in [3.05, 3.63) is 76.9 Å². The molecule has 2 aromatic rings. The quantitative estimate of drug-likeness (QED) is 0.853. The van der Waals surface area contributed by atoms with E-state index in [-0.39, 0.29) is 5.92 Å². The molecule has 0 bridgehead atoms. The second-order valence-electron chi connectivity index (χ2n) is 6.98. The average molecular weight is 323 g/mol. The second kappa shape index (κ2) is 8.27. The molecule has 0 radical (unpaired) electrons. The summed E-state index contributed by atoms with van der Waals surface area (Å²) in [6.45, 7) is 7.12. The van der Waals surface area contributed by atoms with Crippen LogP contribution in [0.2, 0.25) is 0 Å². The highest BCUT2D eigenvalue weighted by Crippen LogP contribution is 2.30. The molecule has 2 rings (SSSR count). The fourth-order valence-electron chi connectivity index (χ4n) is 3.28. The van der Waals surface area contributed by atoms with Crippen molar-refractivity contribution in [1.82, 2.24) is 4.90 Å². The predicted molar refractivity (Wildman–Crippen MR) is 103 cm³/mol.